The molecule has 0 unspecified atom stereocenters. The highest BCUT2D eigenvalue weighted by molar-refractivity contribution is 14.0. The minimum Gasteiger partial charge on any atom is -0.469 e. The molecule has 138 valence electrons. The van der Waals surface area contributed by atoms with Crippen LogP contribution in [0.15, 0.2) is 40.5 Å². The topological polar surface area (TPSA) is 52.8 Å². The lowest BCUT2D eigenvalue weighted by Gasteiger charge is -2.29. The van der Waals surface area contributed by atoms with Crippen molar-refractivity contribution in [2.45, 2.75) is 46.2 Å². The Morgan fingerprint density at radius 2 is 2.00 bits per heavy atom. The number of hydrogen-bond donors (Lipinski definition) is 2. The lowest BCUT2D eigenvalue weighted by atomic mass is 10.2. The van der Waals surface area contributed by atoms with Crippen molar-refractivity contribution in [2.24, 2.45) is 4.99 Å². The van der Waals surface area contributed by atoms with Crippen LogP contribution in [0.5, 0.6) is 0 Å². The molecule has 24 heavy (non-hydrogen) atoms. The van der Waals surface area contributed by atoms with Gasteiger partial charge in [-0.2, -0.15) is 0 Å². The van der Waals surface area contributed by atoms with Crippen LogP contribution in [0.1, 0.15) is 33.5 Å². The first kappa shape index (κ1) is 23.0. The number of furan rings is 1. The van der Waals surface area contributed by atoms with Crippen LogP contribution in [-0.2, 0) is 6.42 Å². The quantitative estimate of drug-likeness (QED) is 0.250. The normalized spacial score (nSPS) is 11.7. The summed E-state index contributed by atoms with van der Waals surface area (Å²) in [6.07, 6.45) is 4.37. The molecule has 1 heterocycles. The molecule has 0 spiro atoms. The molecule has 0 saturated heterocycles. The highest BCUT2D eigenvalue weighted by atomic mass is 127. The molecule has 0 saturated carbocycles. The lowest BCUT2D eigenvalue weighted by Crippen LogP contribution is -2.41. The summed E-state index contributed by atoms with van der Waals surface area (Å²) in [5.41, 5.74) is 0. The molecule has 0 aliphatic heterocycles. The summed E-state index contributed by atoms with van der Waals surface area (Å²) >= 11 is 0. The van der Waals surface area contributed by atoms with Gasteiger partial charge in [0.1, 0.15) is 5.76 Å². The van der Waals surface area contributed by atoms with Crippen LogP contribution in [0.2, 0.25) is 0 Å². The smallest absolute Gasteiger partial charge is 0.191 e. The molecule has 1 aromatic heterocycles. The van der Waals surface area contributed by atoms with E-state index in [0.29, 0.717) is 18.6 Å². The molecule has 0 atom stereocenters. The summed E-state index contributed by atoms with van der Waals surface area (Å²) in [7, 11) is 0. The molecule has 0 aromatic carbocycles. The second-order valence-electron chi connectivity index (χ2n) is 6.08. The highest BCUT2D eigenvalue weighted by Gasteiger charge is 2.12. The summed E-state index contributed by atoms with van der Waals surface area (Å²) in [6.45, 7) is 15.8. The molecule has 0 fully saturated rings. The average molecular weight is 448 g/mol. The first-order chi connectivity index (χ1) is 11.0. The van der Waals surface area contributed by atoms with Gasteiger partial charge in [0.05, 0.1) is 12.8 Å². The third-order valence-electron chi connectivity index (χ3n) is 3.61. The Bertz CT molecular complexity index is 450. The summed E-state index contributed by atoms with van der Waals surface area (Å²) in [6, 6.07) is 4.95. The fraction of sp³-hybridized carbons (Fsp3) is 0.611. The SMILES string of the molecule is C=CCNC(=NCCN(C(C)C)C(C)C)NCCc1ccco1.I. The molecular formula is C18H33IN4O. The molecule has 0 radical (unpaired) electrons. The van der Waals surface area contributed by atoms with Crippen molar-refractivity contribution in [1.29, 1.82) is 0 Å². The van der Waals surface area contributed by atoms with Gasteiger partial charge in [0.15, 0.2) is 5.96 Å². The van der Waals surface area contributed by atoms with Gasteiger partial charge >= 0.3 is 0 Å². The lowest BCUT2D eigenvalue weighted by molar-refractivity contribution is 0.181. The van der Waals surface area contributed by atoms with Crippen LogP contribution in [-0.4, -0.2) is 49.1 Å². The number of rotatable bonds is 10. The fourth-order valence-electron chi connectivity index (χ4n) is 2.49. The van der Waals surface area contributed by atoms with Gasteiger partial charge in [-0.25, -0.2) is 0 Å². The molecule has 1 rings (SSSR count). The Morgan fingerprint density at radius 1 is 1.29 bits per heavy atom. The first-order valence-corrected chi connectivity index (χ1v) is 8.45. The van der Waals surface area contributed by atoms with Gasteiger partial charge in [0, 0.05) is 38.1 Å². The van der Waals surface area contributed by atoms with E-state index in [0.717, 1.165) is 37.8 Å². The maximum atomic E-state index is 5.34. The van der Waals surface area contributed by atoms with Crippen LogP contribution in [0, 0.1) is 0 Å². The van der Waals surface area contributed by atoms with Crippen molar-refractivity contribution >= 4 is 29.9 Å². The van der Waals surface area contributed by atoms with Gasteiger partial charge in [0.25, 0.3) is 0 Å². The molecule has 0 bridgehead atoms. The summed E-state index contributed by atoms with van der Waals surface area (Å²) in [5.74, 6) is 1.80. The number of halogens is 1. The molecule has 1 aromatic rings. The van der Waals surface area contributed by atoms with Crippen molar-refractivity contribution in [3.63, 3.8) is 0 Å². The zero-order chi connectivity index (χ0) is 17.1. The molecule has 0 amide bonds. The van der Waals surface area contributed by atoms with E-state index in [1.54, 1.807) is 6.26 Å². The Labute approximate surface area is 164 Å². The molecular weight excluding hydrogens is 415 g/mol. The minimum absolute atomic E-state index is 0. The van der Waals surface area contributed by atoms with Crippen molar-refractivity contribution < 1.29 is 4.42 Å². The van der Waals surface area contributed by atoms with Crippen molar-refractivity contribution in [3.8, 4) is 0 Å². The third kappa shape index (κ3) is 9.32. The van der Waals surface area contributed by atoms with E-state index in [-0.39, 0.29) is 24.0 Å². The maximum absolute atomic E-state index is 5.34. The average Bonchev–Trinajstić information content (AvgIpc) is 3.00. The number of guanidine groups is 1. The minimum atomic E-state index is 0. The van der Waals surface area contributed by atoms with E-state index in [1.807, 2.05) is 18.2 Å². The second-order valence-corrected chi connectivity index (χ2v) is 6.08. The van der Waals surface area contributed by atoms with Gasteiger partial charge in [-0.3, -0.25) is 9.89 Å². The van der Waals surface area contributed by atoms with Gasteiger partial charge in [-0.1, -0.05) is 6.08 Å². The first-order valence-electron chi connectivity index (χ1n) is 8.45. The molecule has 2 N–H and O–H groups in total. The number of nitrogens with one attached hydrogen (secondary N) is 2. The molecule has 6 heteroatoms. The van der Waals surface area contributed by atoms with Crippen molar-refractivity contribution in [3.05, 3.63) is 36.8 Å². The van der Waals surface area contributed by atoms with E-state index in [9.17, 15) is 0 Å². The van der Waals surface area contributed by atoms with Crippen molar-refractivity contribution in [1.82, 2.24) is 15.5 Å². The monoisotopic (exact) mass is 448 g/mol. The zero-order valence-electron chi connectivity index (χ0n) is 15.4. The Hall–Kier alpha value is -1.02. The third-order valence-corrected chi connectivity index (χ3v) is 3.61. The molecule has 5 nitrogen and oxygen atoms in total. The van der Waals surface area contributed by atoms with Crippen LogP contribution in [0.3, 0.4) is 0 Å². The van der Waals surface area contributed by atoms with Gasteiger partial charge in [-0.15, -0.1) is 30.6 Å². The standard InChI is InChI=1S/C18H32N4O.HI/c1-6-10-19-18(20-11-9-17-8-7-14-23-17)21-12-13-22(15(2)3)16(4)5;/h6-8,14-16H,1,9-13H2,2-5H3,(H2,19,20,21);1H. The van der Waals surface area contributed by atoms with E-state index < -0.39 is 0 Å². The van der Waals surface area contributed by atoms with Crippen LogP contribution < -0.4 is 10.6 Å². The summed E-state index contributed by atoms with van der Waals surface area (Å²) in [5, 5.41) is 6.59. The number of nitrogens with zero attached hydrogens (tertiary/aromatic N) is 2. The van der Waals surface area contributed by atoms with Gasteiger partial charge < -0.3 is 15.1 Å². The summed E-state index contributed by atoms with van der Waals surface area (Å²) in [4.78, 5) is 7.10. The van der Waals surface area contributed by atoms with E-state index in [2.05, 4.69) is 54.8 Å². The Kier molecular flexibility index (Phi) is 12.7. The fourth-order valence-corrected chi connectivity index (χ4v) is 2.49. The maximum Gasteiger partial charge on any atom is 0.191 e. The zero-order valence-corrected chi connectivity index (χ0v) is 17.7. The van der Waals surface area contributed by atoms with Gasteiger partial charge in [0.2, 0.25) is 0 Å². The van der Waals surface area contributed by atoms with Crippen LogP contribution >= 0.6 is 24.0 Å². The van der Waals surface area contributed by atoms with E-state index >= 15 is 0 Å². The predicted octanol–water partition coefficient (Wildman–Crippen LogP) is 3.28. The number of aliphatic imine (C=N–C) groups is 1. The molecule has 0 aliphatic carbocycles. The Morgan fingerprint density at radius 3 is 2.54 bits per heavy atom. The molecule has 0 aliphatic rings. The summed E-state index contributed by atoms with van der Waals surface area (Å²) < 4.78 is 5.34. The predicted molar refractivity (Wildman–Crippen MR) is 113 cm³/mol. The van der Waals surface area contributed by atoms with Crippen LogP contribution in [0.4, 0.5) is 0 Å². The van der Waals surface area contributed by atoms with E-state index in [1.165, 1.54) is 0 Å². The Balaban J connectivity index is 0.00000529. The van der Waals surface area contributed by atoms with E-state index in [4.69, 9.17) is 4.42 Å². The second kappa shape index (κ2) is 13.3. The highest BCUT2D eigenvalue weighted by Crippen LogP contribution is 2.04. The van der Waals surface area contributed by atoms with Gasteiger partial charge in [-0.05, 0) is 39.8 Å². The van der Waals surface area contributed by atoms with Crippen molar-refractivity contribution in [2.75, 3.05) is 26.2 Å². The number of hydrogen-bond acceptors (Lipinski definition) is 3. The largest absolute Gasteiger partial charge is 0.469 e. The van der Waals surface area contributed by atoms with Crippen LogP contribution in [0.25, 0.3) is 0 Å².